The molecule has 126 valence electrons. The zero-order valence-corrected chi connectivity index (χ0v) is 14.3. The first-order valence-electron chi connectivity index (χ1n) is 7.61. The topological polar surface area (TPSA) is 71.3 Å². The molecule has 0 aliphatic rings. The number of thiophene rings is 1. The van der Waals surface area contributed by atoms with Crippen LogP contribution in [0, 0.1) is 6.92 Å². The second kappa shape index (κ2) is 7.63. The number of rotatable bonds is 4. The summed E-state index contributed by atoms with van der Waals surface area (Å²) in [5.74, 6) is -0.339. The fourth-order valence-corrected chi connectivity index (χ4v) is 3.12. The van der Waals surface area contributed by atoms with Gasteiger partial charge in [-0.3, -0.25) is 20.4 Å². The van der Waals surface area contributed by atoms with Gasteiger partial charge in [-0.25, -0.2) is 0 Å². The molecule has 0 atom stereocenters. The van der Waals surface area contributed by atoms with Gasteiger partial charge >= 0.3 is 0 Å². The Balaban J connectivity index is 1.55. The third kappa shape index (κ3) is 4.24. The number of carbonyl (C=O) groups is 2. The van der Waals surface area contributed by atoms with Gasteiger partial charge in [0, 0.05) is 15.8 Å². The molecule has 6 heteroatoms. The second-order valence-corrected chi connectivity index (χ2v) is 6.35. The van der Waals surface area contributed by atoms with E-state index in [9.17, 15) is 9.59 Å². The van der Waals surface area contributed by atoms with Crippen molar-refractivity contribution in [3.05, 3.63) is 77.1 Å². The number of hydrazine groups is 1. The molecule has 1 aromatic carbocycles. The standard InChI is InChI=1S/C19H16N2O3S/c1-13-16(11-12-24-13)19(23)21-20-18(22)10-8-15-7-9-17(25-15)14-5-3-2-4-6-14/h2-12H,1H3,(H,20,22)(H,21,23)/b10-8+. The maximum Gasteiger partial charge on any atom is 0.273 e. The predicted octanol–water partition coefficient (Wildman–Crippen LogP) is 3.79. The molecule has 25 heavy (non-hydrogen) atoms. The molecule has 0 saturated heterocycles. The summed E-state index contributed by atoms with van der Waals surface area (Å²) in [7, 11) is 0. The van der Waals surface area contributed by atoms with Crippen molar-refractivity contribution in [2.45, 2.75) is 6.92 Å². The van der Waals surface area contributed by atoms with Crippen LogP contribution in [0.3, 0.4) is 0 Å². The lowest BCUT2D eigenvalue weighted by atomic mass is 10.2. The van der Waals surface area contributed by atoms with Crippen LogP contribution < -0.4 is 10.9 Å². The minimum Gasteiger partial charge on any atom is -0.469 e. The number of nitrogens with one attached hydrogen (secondary N) is 2. The first-order chi connectivity index (χ1) is 12.1. The number of amides is 2. The van der Waals surface area contributed by atoms with Crippen molar-refractivity contribution >= 4 is 29.2 Å². The van der Waals surface area contributed by atoms with Crippen LogP contribution in [0.1, 0.15) is 21.0 Å². The van der Waals surface area contributed by atoms with E-state index in [2.05, 4.69) is 10.9 Å². The SMILES string of the molecule is Cc1occc1C(=O)NNC(=O)/C=C/c1ccc(-c2ccccc2)s1. The van der Waals surface area contributed by atoms with E-state index >= 15 is 0 Å². The van der Waals surface area contributed by atoms with E-state index in [4.69, 9.17) is 4.42 Å². The Morgan fingerprint density at radius 1 is 1.04 bits per heavy atom. The number of hydrogen-bond donors (Lipinski definition) is 2. The summed E-state index contributed by atoms with van der Waals surface area (Å²) in [6, 6.07) is 15.5. The number of aryl methyl sites for hydroxylation is 1. The molecule has 2 N–H and O–H groups in total. The van der Waals surface area contributed by atoms with Crippen LogP contribution in [-0.2, 0) is 4.79 Å². The van der Waals surface area contributed by atoms with Gasteiger partial charge in [-0.15, -0.1) is 11.3 Å². The third-order valence-corrected chi connectivity index (χ3v) is 4.59. The first kappa shape index (κ1) is 16.7. The van der Waals surface area contributed by atoms with Crippen molar-refractivity contribution in [3.63, 3.8) is 0 Å². The van der Waals surface area contributed by atoms with Gasteiger partial charge < -0.3 is 4.42 Å². The van der Waals surface area contributed by atoms with E-state index in [-0.39, 0.29) is 0 Å². The van der Waals surface area contributed by atoms with Crippen LogP contribution >= 0.6 is 11.3 Å². The highest BCUT2D eigenvalue weighted by atomic mass is 32.1. The summed E-state index contributed by atoms with van der Waals surface area (Å²) >= 11 is 1.59. The molecule has 0 radical (unpaired) electrons. The van der Waals surface area contributed by atoms with Gasteiger partial charge in [0.15, 0.2) is 0 Å². The van der Waals surface area contributed by atoms with Gasteiger partial charge in [0.05, 0.1) is 11.8 Å². The molecule has 5 nitrogen and oxygen atoms in total. The second-order valence-electron chi connectivity index (χ2n) is 5.24. The molecule has 0 aliphatic heterocycles. The lowest BCUT2D eigenvalue weighted by Crippen LogP contribution is -2.40. The molecular weight excluding hydrogens is 336 g/mol. The Morgan fingerprint density at radius 2 is 1.84 bits per heavy atom. The molecule has 2 amide bonds. The van der Waals surface area contributed by atoms with E-state index in [1.165, 1.54) is 12.3 Å². The zero-order chi connectivity index (χ0) is 17.6. The number of benzene rings is 1. The quantitative estimate of drug-likeness (QED) is 0.554. The van der Waals surface area contributed by atoms with Crippen molar-refractivity contribution < 1.29 is 14.0 Å². The fraction of sp³-hybridized carbons (Fsp3) is 0.0526. The van der Waals surface area contributed by atoms with E-state index in [0.717, 1.165) is 15.3 Å². The average Bonchev–Trinajstić information content (AvgIpc) is 3.27. The predicted molar refractivity (Wildman–Crippen MR) is 97.8 cm³/mol. The molecule has 0 saturated carbocycles. The molecular formula is C19H16N2O3S. The molecule has 0 fully saturated rings. The summed E-state index contributed by atoms with van der Waals surface area (Å²) in [5.41, 5.74) is 6.21. The lowest BCUT2D eigenvalue weighted by Gasteiger charge is -2.03. The van der Waals surface area contributed by atoms with E-state index in [1.807, 2.05) is 42.5 Å². The zero-order valence-electron chi connectivity index (χ0n) is 13.5. The van der Waals surface area contributed by atoms with Crippen molar-refractivity contribution in [3.8, 4) is 10.4 Å². The maximum absolute atomic E-state index is 11.9. The van der Waals surface area contributed by atoms with Gasteiger partial charge in [-0.05, 0) is 36.8 Å². The Hall–Kier alpha value is -3.12. The summed E-state index contributed by atoms with van der Waals surface area (Å²) in [4.78, 5) is 25.8. The van der Waals surface area contributed by atoms with E-state index < -0.39 is 11.8 Å². The Labute approximate surface area is 149 Å². The van der Waals surface area contributed by atoms with Crippen LogP contribution in [0.4, 0.5) is 0 Å². The minimum atomic E-state index is -0.421. The average molecular weight is 352 g/mol. The summed E-state index contributed by atoms with van der Waals surface area (Å²) in [6.45, 7) is 1.68. The van der Waals surface area contributed by atoms with Gasteiger partial charge in [-0.2, -0.15) is 0 Å². The van der Waals surface area contributed by atoms with E-state index in [0.29, 0.717) is 11.3 Å². The molecule has 0 bridgehead atoms. The Morgan fingerprint density at radius 3 is 2.56 bits per heavy atom. The van der Waals surface area contributed by atoms with Gasteiger partial charge in [-0.1, -0.05) is 30.3 Å². The monoisotopic (exact) mass is 352 g/mol. The molecule has 0 spiro atoms. The van der Waals surface area contributed by atoms with E-state index in [1.54, 1.807) is 30.4 Å². The van der Waals surface area contributed by atoms with Gasteiger partial charge in [0.25, 0.3) is 11.8 Å². The Kier molecular flexibility index (Phi) is 5.11. The smallest absolute Gasteiger partial charge is 0.273 e. The highest BCUT2D eigenvalue weighted by molar-refractivity contribution is 7.16. The lowest BCUT2D eigenvalue weighted by molar-refractivity contribution is -0.117. The molecule has 2 aromatic heterocycles. The number of hydrogen-bond acceptors (Lipinski definition) is 4. The number of furan rings is 1. The van der Waals surface area contributed by atoms with Gasteiger partial charge in [0.1, 0.15) is 5.76 Å². The van der Waals surface area contributed by atoms with Crippen LogP contribution in [0.2, 0.25) is 0 Å². The highest BCUT2D eigenvalue weighted by Crippen LogP contribution is 2.28. The van der Waals surface area contributed by atoms with Crippen molar-refractivity contribution in [2.75, 3.05) is 0 Å². The minimum absolute atomic E-state index is 0.384. The molecule has 0 aliphatic carbocycles. The van der Waals surface area contributed by atoms with Crippen molar-refractivity contribution in [1.82, 2.24) is 10.9 Å². The summed E-state index contributed by atoms with van der Waals surface area (Å²) in [5, 5.41) is 0. The van der Waals surface area contributed by atoms with Crippen LogP contribution in [0.25, 0.3) is 16.5 Å². The molecule has 3 rings (SSSR count). The normalized spacial score (nSPS) is 10.8. The molecule has 0 unspecified atom stereocenters. The molecule has 3 aromatic rings. The number of carbonyl (C=O) groups excluding carboxylic acids is 2. The fourth-order valence-electron chi connectivity index (χ4n) is 2.21. The van der Waals surface area contributed by atoms with Crippen LogP contribution in [-0.4, -0.2) is 11.8 Å². The largest absolute Gasteiger partial charge is 0.469 e. The Bertz CT molecular complexity index is 910. The van der Waals surface area contributed by atoms with Crippen molar-refractivity contribution in [2.24, 2.45) is 0 Å². The first-order valence-corrected chi connectivity index (χ1v) is 8.43. The van der Waals surface area contributed by atoms with Crippen molar-refractivity contribution in [1.29, 1.82) is 0 Å². The maximum atomic E-state index is 11.9. The van der Waals surface area contributed by atoms with Gasteiger partial charge in [0.2, 0.25) is 0 Å². The summed E-state index contributed by atoms with van der Waals surface area (Å²) < 4.78 is 5.05. The third-order valence-electron chi connectivity index (χ3n) is 3.49. The van der Waals surface area contributed by atoms with Crippen LogP contribution in [0.15, 0.2) is 65.3 Å². The summed E-state index contributed by atoms with van der Waals surface area (Å²) in [6.07, 6.45) is 4.51. The highest BCUT2D eigenvalue weighted by Gasteiger charge is 2.11. The molecule has 2 heterocycles. The van der Waals surface area contributed by atoms with Crippen LogP contribution in [0.5, 0.6) is 0 Å².